The Balaban J connectivity index is 0.00000242. The number of nitrogens with zero attached hydrogens (tertiary/aromatic N) is 3. The van der Waals surface area contributed by atoms with Gasteiger partial charge in [-0.1, -0.05) is 20.3 Å². The summed E-state index contributed by atoms with van der Waals surface area (Å²) in [7, 11) is 1.86. The smallest absolute Gasteiger partial charge is 0.193 e. The van der Waals surface area contributed by atoms with Crippen molar-refractivity contribution >= 4 is 29.9 Å². The number of aliphatic hydroxyl groups excluding tert-OH is 1. The molecular weight excluding hydrogens is 391 g/mol. The number of aliphatic imine (C=N–C) groups is 1. The van der Waals surface area contributed by atoms with Gasteiger partial charge in [-0.05, 0) is 32.4 Å². The van der Waals surface area contributed by atoms with Gasteiger partial charge in [0, 0.05) is 38.6 Å². The third kappa shape index (κ3) is 4.96. The molecule has 1 heterocycles. The van der Waals surface area contributed by atoms with Crippen molar-refractivity contribution in [2.75, 3.05) is 39.8 Å². The standard InChI is InChI=1S/C16H32N4O.HI/c1-4-19(5-2)14-9-10-20(12-14)16(17-3)18-11-13-7-6-8-15(13)21;/h13-15,21H,4-12H2,1-3H3,(H,17,18);1H. The third-order valence-electron chi connectivity index (χ3n) is 5.14. The van der Waals surface area contributed by atoms with E-state index in [1.807, 2.05) is 7.05 Å². The van der Waals surface area contributed by atoms with Gasteiger partial charge in [0.25, 0.3) is 0 Å². The lowest BCUT2D eigenvalue weighted by Gasteiger charge is -2.27. The average Bonchev–Trinajstić information content (AvgIpc) is 3.11. The lowest BCUT2D eigenvalue weighted by molar-refractivity contribution is 0.134. The van der Waals surface area contributed by atoms with Crippen LogP contribution in [0.1, 0.15) is 39.5 Å². The molecule has 22 heavy (non-hydrogen) atoms. The fourth-order valence-electron chi connectivity index (χ4n) is 3.78. The highest BCUT2D eigenvalue weighted by Crippen LogP contribution is 2.24. The molecule has 1 saturated carbocycles. The van der Waals surface area contributed by atoms with E-state index >= 15 is 0 Å². The summed E-state index contributed by atoms with van der Waals surface area (Å²) in [4.78, 5) is 9.33. The van der Waals surface area contributed by atoms with Crippen LogP contribution in [0.15, 0.2) is 4.99 Å². The lowest BCUT2D eigenvalue weighted by atomic mass is 10.1. The second-order valence-corrected chi connectivity index (χ2v) is 6.30. The molecule has 3 atom stereocenters. The monoisotopic (exact) mass is 424 g/mol. The van der Waals surface area contributed by atoms with Crippen LogP contribution in [0.3, 0.4) is 0 Å². The predicted octanol–water partition coefficient (Wildman–Crippen LogP) is 1.76. The number of hydrogen-bond donors (Lipinski definition) is 2. The minimum Gasteiger partial charge on any atom is -0.393 e. The van der Waals surface area contributed by atoms with Gasteiger partial charge in [0.15, 0.2) is 5.96 Å². The first-order chi connectivity index (χ1) is 10.2. The Hall–Kier alpha value is -0.0800. The Morgan fingerprint density at radius 3 is 2.55 bits per heavy atom. The zero-order valence-electron chi connectivity index (χ0n) is 14.3. The molecule has 2 aliphatic rings. The maximum atomic E-state index is 9.92. The fraction of sp³-hybridized carbons (Fsp3) is 0.938. The Morgan fingerprint density at radius 2 is 2.00 bits per heavy atom. The quantitative estimate of drug-likeness (QED) is 0.401. The molecular formula is C16H33IN4O. The molecule has 0 bridgehead atoms. The minimum absolute atomic E-state index is 0. The first-order valence-electron chi connectivity index (χ1n) is 8.57. The highest BCUT2D eigenvalue weighted by atomic mass is 127. The summed E-state index contributed by atoms with van der Waals surface area (Å²) in [6.07, 6.45) is 4.33. The summed E-state index contributed by atoms with van der Waals surface area (Å²) in [5.41, 5.74) is 0. The highest BCUT2D eigenvalue weighted by Gasteiger charge is 2.29. The van der Waals surface area contributed by atoms with Crippen LogP contribution in [0.4, 0.5) is 0 Å². The summed E-state index contributed by atoms with van der Waals surface area (Å²) in [5.74, 6) is 1.40. The van der Waals surface area contributed by atoms with Crippen LogP contribution in [0.25, 0.3) is 0 Å². The number of hydrogen-bond acceptors (Lipinski definition) is 3. The van der Waals surface area contributed by atoms with Crippen LogP contribution < -0.4 is 5.32 Å². The van der Waals surface area contributed by atoms with Gasteiger partial charge in [0.2, 0.25) is 0 Å². The average molecular weight is 424 g/mol. The molecule has 130 valence electrons. The topological polar surface area (TPSA) is 51.1 Å². The van der Waals surface area contributed by atoms with E-state index in [2.05, 4.69) is 34.0 Å². The molecule has 1 aliphatic carbocycles. The summed E-state index contributed by atoms with van der Waals surface area (Å²) in [6, 6.07) is 0.649. The minimum atomic E-state index is -0.127. The van der Waals surface area contributed by atoms with Gasteiger partial charge in [-0.25, -0.2) is 0 Å². The summed E-state index contributed by atoms with van der Waals surface area (Å²) in [5, 5.41) is 13.4. The van der Waals surface area contributed by atoms with Gasteiger partial charge in [0.05, 0.1) is 6.10 Å². The van der Waals surface area contributed by atoms with Crippen LogP contribution in [0, 0.1) is 5.92 Å². The Kier molecular flexibility index (Phi) is 9.01. The zero-order valence-corrected chi connectivity index (χ0v) is 16.6. The van der Waals surface area contributed by atoms with E-state index in [1.165, 1.54) is 6.42 Å². The van der Waals surface area contributed by atoms with Gasteiger partial charge < -0.3 is 15.3 Å². The number of nitrogens with one attached hydrogen (secondary N) is 1. The molecule has 0 spiro atoms. The molecule has 2 rings (SSSR count). The van der Waals surface area contributed by atoms with Crippen LogP contribution in [0.2, 0.25) is 0 Å². The fourth-order valence-corrected chi connectivity index (χ4v) is 3.78. The molecule has 0 aromatic carbocycles. The molecule has 0 aromatic rings. The van der Waals surface area contributed by atoms with Crippen molar-refractivity contribution in [1.82, 2.24) is 15.1 Å². The van der Waals surface area contributed by atoms with E-state index in [-0.39, 0.29) is 30.1 Å². The first kappa shape index (κ1) is 20.0. The van der Waals surface area contributed by atoms with Gasteiger partial charge in [-0.2, -0.15) is 0 Å². The van der Waals surface area contributed by atoms with E-state index in [9.17, 15) is 5.11 Å². The Labute approximate surface area is 152 Å². The molecule has 5 nitrogen and oxygen atoms in total. The van der Waals surface area contributed by atoms with Crippen molar-refractivity contribution in [2.45, 2.75) is 51.7 Å². The number of likely N-dealkylation sites (N-methyl/N-ethyl adjacent to an activating group) is 1. The van der Waals surface area contributed by atoms with Crippen LogP contribution in [0.5, 0.6) is 0 Å². The Morgan fingerprint density at radius 1 is 1.27 bits per heavy atom. The van der Waals surface area contributed by atoms with E-state index in [0.717, 1.165) is 57.9 Å². The zero-order chi connectivity index (χ0) is 15.2. The highest BCUT2D eigenvalue weighted by molar-refractivity contribution is 14.0. The maximum absolute atomic E-state index is 9.92. The molecule has 2 N–H and O–H groups in total. The number of aliphatic hydroxyl groups is 1. The van der Waals surface area contributed by atoms with Crippen molar-refractivity contribution < 1.29 is 5.11 Å². The summed E-state index contributed by atoms with van der Waals surface area (Å²) in [6.45, 7) is 9.70. The molecule has 0 radical (unpaired) electrons. The second kappa shape index (κ2) is 9.93. The van der Waals surface area contributed by atoms with Crippen LogP contribution >= 0.6 is 24.0 Å². The number of rotatable bonds is 5. The van der Waals surface area contributed by atoms with Gasteiger partial charge >= 0.3 is 0 Å². The Bertz CT molecular complexity index is 349. The maximum Gasteiger partial charge on any atom is 0.193 e. The van der Waals surface area contributed by atoms with Crippen LogP contribution in [-0.4, -0.2) is 72.8 Å². The molecule has 1 aliphatic heterocycles. The van der Waals surface area contributed by atoms with E-state index in [4.69, 9.17) is 0 Å². The van der Waals surface area contributed by atoms with Crippen molar-refractivity contribution in [2.24, 2.45) is 10.9 Å². The van der Waals surface area contributed by atoms with E-state index < -0.39 is 0 Å². The number of likely N-dealkylation sites (tertiary alicyclic amines) is 1. The molecule has 1 saturated heterocycles. The molecule has 0 aromatic heterocycles. The summed E-state index contributed by atoms with van der Waals surface area (Å²) >= 11 is 0. The number of halogens is 1. The van der Waals surface area contributed by atoms with Crippen LogP contribution in [-0.2, 0) is 0 Å². The van der Waals surface area contributed by atoms with Crippen molar-refractivity contribution in [3.63, 3.8) is 0 Å². The molecule has 0 amide bonds. The normalized spacial score (nSPS) is 29.0. The van der Waals surface area contributed by atoms with Crippen molar-refractivity contribution in [3.8, 4) is 0 Å². The molecule has 3 unspecified atom stereocenters. The van der Waals surface area contributed by atoms with Gasteiger partial charge in [-0.3, -0.25) is 9.89 Å². The number of guanidine groups is 1. The summed E-state index contributed by atoms with van der Waals surface area (Å²) < 4.78 is 0. The molecule has 6 heteroatoms. The van der Waals surface area contributed by atoms with Crippen molar-refractivity contribution in [1.29, 1.82) is 0 Å². The van der Waals surface area contributed by atoms with Crippen molar-refractivity contribution in [3.05, 3.63) is 0 Å². The van der Waals surface area contributed by atoms with E-state index in [0.29, 0.717) is 12.0 Å². The lowest BCUT2D eigenvalue weighted by Crippen LogP contribution is -2.45. The van der Waals surface area contributed by atoms with Gasteiger partial charge in [0.1, 0.15) is 0 Å². The first-order valence-corrected chi connectivity index (χ1v) is 8.57. The second-order valence-electron chi connectivity index (χ2n) is 6.30. The SMILES string of the molecule is CCN(CC)C1CCN(C(=NC)NCC2CCCC2O)C1.I. The van der Waals surface area contributed by atoms with Gasteiger partial charge in [-0.15, -0.1) is 24.0 Å². The van der Waals surface area contributed by atoms with E-state index in [1.54, 1.807) is 0 Å². The third-order valence-corrected chi connectivity index (χ3v) is 5.14. The molecule has 2 fully saturated rings. The largest absolute Gasteiger partial charge is 0.393 e. The predicted molar refractivity (Wildman–Crippen MR) is 103 cm³/mol.